The van der Waals surface area contributed by atoms with E-state index in [9.17, 15) is 19.5 Å². The first kappa shape index (κ1) is 24.9. The summed E-state index contributed by atoms with van der Waals surface area (Å²) in [5.41, 5.74) is -1.09. The van der Waals surface area contributed by atoms with Crippen molar-refractivity contribution in [2.24, 2.45) is 5.41 Å². The van der Waals surface area contributed by atoms with Crippen LogP contribution in [-0.2, 0) is 22.7 Å². The molecule has 3 N–H and O–H groups in total. The van der Waals surface area contributed by atoms with Crippen LogP contribution in [-0.4, -0.2) is 40.5 Å². The van der Waals surface area contributed by atoms with Crippen LogP contribution < -0.4 is 10.6 Å². The number of hydrogen-bond acceptors (Lipinski definition) is 5. The third-order valence-electron chi connectivity index (χ3n) is 4.88. The summed E-state index contributed by atoms with van der Waals surface area (Å²) in [4.78, 5) is 41.1. The van der Waals surface area contributed by atoms with Crippen molar-refractivity contribution in [2.75, 3.05) is 6.54 Å². The molecule has 31 heavy (non-hydrogen) atoms. The minimum atomic E-state index is -1.09. The van der Waals surface area contributed by atoms with Gasteiger partial charge in [0.2, 0.25) is 5.91 Å². The molecule has 2 heterocycles. The minimum Gasteiger partial charge on any atom is -0.481 e. The van der Waals surface area contributed by atoms with E-state index in [1.54, 1.807) is 41.4 Å². The molecule has 3 amide bonds. The molecule has 0 saturated carbocycles. The van der Waals surface area contributed by atoms with E-state index in [4.69, 9.17) is 0 Å². The number of aliphatic carboxylic acids is 1. The number of carboxylic acids is 1. The standard InChI is InChI=1S/C22H31N3O4S2/c1-4-5-10-18(24-21(29)23-15-22(2,3)20(27)28)19(26)25(13-16-8-6-11-30-16)14-17-9-7-12-31-17/h6-9,11-12,18H,4-5,10,13-15H2,1-3H3,(H,27,28)(H2,23,24,29)/t18-/m0/s1. The smallest absolute Gasteiger partial charge is 0.315 e. The summed E-state index contributed by atoms with van der Waals surface area (Å²) in [7, 11) is 0. The van der Waals surface area contributed by atoms with Gasteiger partial charge in [0.15, 0.2) is 0 Å². The Morgan fingerprint density at radius 2 is 1.68 bits per heavy atom. The molecule has 0 aromatic carbocycles. The lowest BCUT2D eigenvalue weighted by Gasteiger charge is -2.28. The highest BCUT2D eigenvalue weighted by atomic mass is 32.1. The van der Waals surface area contributed by atoms with Crippen molar-refractivity contribution in [2.45, 2.75) is 59.2 Å². The highest BCUT2D eigenvalue weighted by Gasteiger charge is 2.30. The van der Waals surface area contributed by atoms with Crippen molar-refractivity contribution < 1.29 is 19.5 Å². The third-order valence-corrected chi connectivity index (χ3v) is 6.61. The van der Waals surface area contributed by atoms with Gasteiger partial charge in [-0.25, -0.2) is 4.79 Å². The number of rotatable bonds is 12. The molecule has 0 aliphatic carbocycles. The van der Waals surface area contributed by atoms with Gasteiger partial charge in [-0.15, -0.1) is 22.7 Å². The summed E-state index contributed by atoms with van der Waals surface area (Å²) in [6, 6.07) is 6.70. The number of amides is 3. The van der Waals surface area contributed by atoms with Crippen LogP contribution in [0.15, 0.2) is 35.0 Å². The maximum absolute atomic E-state index is 13.4. The zero-order chi connectivity index (χ0) is 22.9. The number of thiophene rings is 2. The van der Waals surface area contributed by atoms with E-state index in [1.807, 2.05) is 41.9 Å². The number of nitrogens with zero attached hydrogens (tertiary/aromatic N) is 1. The Morgan fingerprint density at radius 1 is 1.10 bits per heavy atom. The number of urea groups is 1. The molecule has 1 atom stereocenters. The summed E-state index contributed by atoms with van der Waals surface area (Å²) in [5.74, 6) is -1.13. The number of unbranched alkanes of at least 4 members (excludes halogenated alkanes) is 1. The second-order valence-electron chi connectivity index (χ2n) is 8.06. The minimum absolute atomic E-state index is 0.0308. The van der Waals surface area contributed by atoms with E-state index in [1.165, 1.54) is 0 Å². The lowest BCUT2D eigenvalue weighted by molar-refractivity contribution is -0.146. The molecule has 0 saturated heterocycles. The summed E-state index contributed by atoms with van der Waals surface area (Å²) >= 11 is 3.19. The Labute approximate surface area is 191 Å². The lowest BCUT2D eigenvalue weighted by Crippen LogP contribution is -2.52. The quantitative estimate of drug-likeness (QED) is 0.435. The summed E-state index contributed by atoms with van der Waals surface area (Å²) in [6.07, 6.45) is 2.22. The Bertz CT molecular complexity index is 799. The van der Waals surface area contributed by atoms with Crippen LogP contribution in [0.3, 0.4) is 0 Å². The van der Waals surface area contributed by atoms with Crippen molar-refractivity contribution in [3.63, 3.8) is 0 Å². The van der Waals surface area contributed by atoms with Crippen LogP contribution in [0.2, 0.25) is 0 Å². The predicted molar refractivity (Wildman–Crippen MR) is 124 cm³/mol. The maximum atomic E-state index is 13.4. The molecule has 2 aromatic rings. The lowest BCUT2D eigenvalue weighted by atomic mass is 9.94. The van der Waals surface area contributed by atoms with Crippen molar-refractivity contribution >= 4 is 40.6 Å². The predicted octanol–water partition coefficient (Wildman–Crippen LogP) is 4.31. The summed E-state index contributed by atoms with van der Waals surface area (Å²) in [5, 5.41) is 18.6. The zero-order valence-electron chi connectivity index (χ0n) is 18.2. The number of hydrogen-bond donors (Lipinski definition) is 3. The fraction of sp³-hybridized carbons (Fsp3) is 0.500. The normalized spacial score (nSPS) is 12.2. The average Bonchev–Trinajstić information content (AvgIpc) is 3.43. The van der Waals surface area contributed by atoms with Crippen LogP contribution in [0.4, 0.5) is 4.79 Å². The first-order valence-corrected chi connectivity index (χ1v) is 12.1. The Morgan fingerprint density at radius 3 is 2.13 bits per heavy atom. The number of carbonyl (C=O) groups is 3. The highest BCUT2D eigenvalue weighted by molar-refractivity contribution is 7.10. The van der Waals surface area contributed by atoms with E-state index in [0.717, 1.165) is 22.6 Å². The fourth-order valence-corrected chi connectivity index (χ4v) is 4.30. The molecule has 0 unspecified atom stereocenters. The van der Waals surface area contributed by atoms with Crippen LogP contribution in [0.25, 0.3) is 0 Å². The molecule has 9 heteroatoms. The third kappa shape index (κ3) is 7.99. The second-order valence-corrected chi connectivity index (χ2v) is 10.1. The van der Waals surface area contributed by atoms with Crippen molar-refractivity contribution in [1.82, 2.24) is 15.5 Å². The first-order valence-electron chi connectivity index (χ1n) is 10.3. The molecule has 0 fully saturated rings. The molecule has 0 bridgehead atoms. The SMILES string of the molecule is CCCC[C@H](NC(=O)NCC(C)(C)C(=O)O)C(=O)N(Cc1cccs1)Cc1cccs1. The van der Waals surface area contributed by atoms with Gasteiger partial charge in [0.1, 0.15) is 6.04 Å². The topological polar surface area (TPSA) is 98.7 Å². The zero-order valence-corrected chi connectivity index (χ0v) is 19.9. The van der Waals surface area contributed by atoms with Crippen molar-refractivity contribution in [3.05, 3.63) is 44.8 Å². The number of nitrogens with one attached hydrogen (secondary N) is 2. The monoisotopic (exact) mass is 465 g/mol. The molecular formula is C22H31N3O4S2. The largest absolute Gasteiger partial charge is 0.481 e. The molecule has 2 rings (SSSR count). The van der Waals surface area contributed by atoms with Crippen molar-refractivity contribution in [1.29, 1.82) is 0 Å². The van der Waals surface area contributed by atoms with Gasteiger partial charge in [0.05, 0.1) is 18.5 Å². The first-order chi connectivity index (χ1) is 14.7. The Balaban J connectivity index is 2.11. The van der Waals surface area contributed by atoms with E-state index >= 15 is 0 Å². The van der Waals surface area contributed by atoms with Gasteiger partial charge in [-0.05, 0) is 43.2 Å². The van der Waals surface area contributed by atoms with E-state index in [-0.39, 0.29) is 12.5 Å². The molecular weight excluding hydrogens is 434 g/mol. The van der Waals surface area contributed by atoms with Gasteiger partial charge in [0.25, 0.3) is 0 Å². The van der Waals surface area contributed by atoms with Gasteiger partial charge < -0.3 is 20.6 Å². The summed E-state index contributed by atoms with van der Waals surface area (Å²) in [6.45, 7) is 6.04. The molecule has 2 aromatic heterocycles. The van der Waals surface area contributed by atoms with Crippen LogP contribution in [0.1, 0.15) is 49.8 Å². The highest BCUT2D eigenvalue weighted by Crippen LogP contribution is 2.19. The van der Waals surface area contributed by atoms with E-state index in [0.29, 0.717) is 19.5 Å². The van der Waals surface area contributed by atoms with E-state index in [2.05, 4.69) is 10.6 Å². The van der Waals surface area contributed by atoms with Gasteiger partial charge in [0, 0.05) is 16.3 Å². The molecule has 0 aliphatic heterocycles. The number of carbonyl (C=O) groups excluding carboxylic acids is 2. The average molecular weight is 466 g/mol. The number of carboxylic acid groups (broad SMARTS) is 1. The van der Waals surface area contributed by atoms with Gasteiger partial charge in [-0.3, -0.25) is 9.59 Å². The van der Waals surface area contributed by atoms with Crippen molar-refractivity contribution in [3.8, 4) is 0 Å². The molecule has 0 aliphatic rings. The van der Waals surface area contributed by atoms with E-state index < -0.39 is 23.5 Å². The fourth-order valence-electron chi connectivity index (χ4n) is 2.87. The Kier molecular flexibility index (Phi) is 9.51. The molecule has 7 nitrogen and oxygen atoms in total. The van der Waals surface area contributed by atoms with Crippen LogP contribution in [0, 0.1) is 5.41 Å². The van der Waals surface area contributed by atoms with Crippen LogP contribution >= 0.6 is 22.7 Å². The molecule has 0 radical (unpaired) electrons. The Hall–Kier alpha value is -2.39. The molecule has 170 valence electrons. The maximum Gasteiger partial charge on any atom is 0.315 e. The van der Waals surface area contributed by atoms with Gasteiger partial charge >= 0.3 is 12.0 Å². The van der Waals surface area contributed by atoms with Crippen LogP contribution in [0.5, 0.6) is 0 Å². The molecule has 0 spiro atoms. The van der Waals surface area contributed by atoms with Gasteiger partial charge in [-0.1, -0.05) is 31.9 Å². The van der Waals surface area contributed by atoms with Gasteiger partial charge in [-0.2, -0.15) is 0 Å². The second kappa shape index (κ2) is 11.9. The summed E-state index contributed by atoms with van der Waals surface area (Å²) < 4.78 is 0.